The van der Waals surface area contributed by atoms with Crippen molar-refractivity contribution in [1.29, 1.82) is 0 Å². The quantitative estimate of drug-likeness (QED) is 0.288. The van der Waals surface area contributed by atoms with Crippen LogP contribution in [0.1, 0.15) is 13.8 Å². The zero-order valence-electron chi connectivity index (χ0n) is 16.3. The van der Waals surface area contributed by atoms with Crippen molar-refractivity contribution < 1.29 is 9.30 Å². The second-order valence-corrected chi connectivity index (χ2v) is 7.32. The molecule has 5 nitrogen and oxygen atoms in total. The summed E-state index contributed by atoms with van der Waals surface area (Å²) in [5.74, 6) is 0. The number of para-hydroxylation sites is 1. The number of thiazole rings is 1. The molecule has 2 heterocycles. The van der Waals surface area contributed by atoms with Gasteiger partial charge in [0.15, 0.2) is 0 Å². The Kier molecular flexibility index (Phi) is 5.21. The van der Waals surface area contributed by atoms with E-state index in [0.29, 0.717) is 0 Å². The van der Waals surface area contributed by atoms with Crippen LogP contribution in [0.25, 0.3) is 22.2 Å². The van der Waals surface area contributed by atoms with E-state index in [1.807, 2.05) is 16.8 Å². The third-order valence-electron chi connectivity index (χ3n) is 4.78. The minimum Gasteiger partial charge on any atom is -0.484 e. The molecule has 4 aromatic rings. The van der Waals surface area contributed by atoms with Crippen LogP contribution in [0.5, 0.6) is 5.06 Å². The molecular weight excluding hydrogens is 368 g/mol. The summed E-state index contributed by atoms with van der Waals surface area (Å²) in [4.78, 5) is 0. The molecule has 0 saturated carbocycles. The Morgan fingerprint density at radius 1 is 1.00 bits per heavy atom. The Morgan fingerprint density at radius 2 is 1.75 bits per heavy atom. The maximum Gasteiger partial charge on any atom is 0.411 e. The first-order valence-electron chi connectivity index (χ1n) is 9.42. The van der Waals surface area contributed by atoms with E-state index >= 15 is 0 Å². The fraction of sp³-hybridized carbons (Fsp3) is 0.227. The molecule has 0 bridgehead atoms. The molecule has 0 amide bonds. The van der Waals surface area contributed by atoms with Gasteiger partial charge in [0.25, 0.3) is 0 Å². The van der Waals surface area contributed by atoms with Crippen molar-refractivity contribution in [3.63, 3.8) is 0 Å². The highest BCUT2D eigenvalue weighted by Gasteiger charge is 2.21. The van der Waals surface area contributed by atoms with E-state index < -0.39 is 0 Å². The van der Waals surface area contributed by atoms with E-state index in [1.165, 1.54) is 16.9 Å². The van der Waals surface area contributed by atoms with Gasteiger partial charge in [-0.1, -0.05) is 48.5 Å². The van der Waals surface area contributed by atoms with Gasteiger partial charge < -0.3 is 9.30 Å². The summed E-state index contributed by atoms with van der Waals surface area (Å²) in [5, 5.41) is 12.1. The van der Waals surface area contributed by atoms with Gasteiger partial charge in [-0.15, -0.1) is 0 Å². The molecule has 0 atom stereocenters. The summed E-state index contributed by atoms with van der Waals surface area (Å²) in [6, 6.07) is 18.8. The lowest BCUT2D eigenvalue weighted by atomic mass is 10.1. The highest BCUT2D eigenvalue weighted by Crippen LogP contribution is 2.41. The second kappa shape index (κ2) is 7.94. The van der Waals surface area contributed by atoms with Gasteiger partial charge in [-0.3, -0.25) is 0 Å². The molecule has 0 spiro atoms. The smallest absolute Gasteiger partial charge is 0.411 e. The Balaban J connectivity index is 1.92. The van der Waals surface area contributed by atoms with Gasteiger partial charge in [0.2, 0.25) is 5.06 Å². The van der Waals surface area contributed by atoms with Crippen LogP contribution < -0.4 is 9.30 Å². The minimum absolute atomic E-state index is 0.816. The largest absolute Gasteiger partial charge is 0.484 e. The number of hydrogen-bond donors (Lipinski definition) is 0. The molecular formula is C22H23N4OS+. The molecule has 6 heteroatoms. The highest BCUT2D eigenvalue weighted by molar-refractivity contribution is 7.16. The van der Waals surface area contributed by atoms with Crippen molar-refractivity contribution in [1.82, 2.24) is 4.57 Å². The first kappa shape index (κ1) is 18.4. The van der Waals surface area contributed by atoms with Crippen LogP contribution in [0.2, 0.25) is 0 Å². The summed E-state index contributed by atoms with van der Waals surface area (Å²) < 4.78 is 9.72. The number of methoxy groups -OCH3 is 1. The third-order valence-corrected chi connectivity index (χ3v) is 5.76. The van der Waals surface area contributed by atoms with Crippen LogP contribution in [0.15, 0.2) is 71.0 Å². The van der Waals surface area contributed by atoms with Crippen LogP contribution in [0.4, 0.5) is 10.8 Å². The zero-order chi connectivity index (χ0) is 19.5. The molecule has 0 radical (unpaired) electrons. The van der Waals surface area contributed by atoms with Crippen molar-refractivity contribution in [2.24, 2.45) is 10.2 Å². The number of aryl methyl sites for hydroxylation is 2. The SMILES string of the molecule is CCn1c(-c2ccccc2)c(N=Nc2sc(OC)c[n+]2CC)c2ccccc21. The predicted molar refractivity (Wildman–Crippen MR) is 114 cm³/mol. The van der Waals surface area contributed by atoms with E-state index in [0.717, 1.165) is 45.6 Å². The van der Waals surface area contributed by atoms with Crippen molar-refractivity contribution >= 4 is 33.1 Å². The average molecular weight is 392 g/mol. The summed E-state index contributed by atoms with van der Waals surface area (Å²) in [6.07, 6.45) is 1.96. The van der Waals surface area contributed by atoms with Gasteiger partial charge in [-0.25, -0.2) is 4.57 Å². The summed E-state index contributed by atoms with van der Waals surface area (Å²) in [7, 11) is 1.68. The molecule has 0 unspecified atom stereocenters. The summed E-state index contributed by atoms with van der Waals surface area (Å²) in [6.45, 7) is 5.93. The van der Waals surface area contributed by atoms with Crippen molar-refractivity contribution in [2.45, 2.75) is 26.9 Å². The Labute approximate surface area is 168 Å². The number of azo groups is 1. The molecule has 2 aromatic carbocycles. The number of benzene rings is 2. The standard InChI is InChI=1S/C22H23N4OS/c1-4-25-15-19(27-3)28-22(25)24-23-20-17-13-9-10-14-18(17)26(5-2)21(20)16-11-7-6-8-12-16/h6-15H,4-5H2,1-3H3/q+1. The van der Waals surface area contributed by atoms with Gasteiger partial charge in [-0.2, -0.15) is 0 Å². The van der Waals surface area contributed by atoms with Gasteiger partial charge in [0, 0.05) is 17.5 Å². The van der Waals surface area contributed by atoms with Crippen LogP contribution in [0, 0.1) is 0 Å². The number of rotatable bonds is 6. The lowest BCUT2D eigenvalue weighted by Crippen LogP contribution is -2.28. The van der Waals surface area contributed by atoms with Gasteiger partial charge in [0.05, 0.1) is 30.0 Å². The maximum absolute atomic E-state index is 5.37. The zero-order valence-corrected chi connectivity index (χ0v) is 17.1. The molecule has 28 heavy (non-hydrogen) atoms. The number of ether oxygens (including phenoxy) is 1. The Hall–Kier alpha value is -2.99. The van der Waals surface area contributed by atoms with Gasteiger partial charge >= 0.3 is 5.13 Å². The number of aromatic nitrogens is 2. The maximum atomic E-state index is 5.37. The molecule has 0 saturated heterocycles. The number of hydrogen-bond acceptors (Lipinski definition) is 4. The van der Waals surface area contributed by atoms with Crippen LogP contribution >= 0.6 is 11.3 Å². The lowest BCUT2D eigenvalue weighted by Gasteiger charge is -2.08. The molecule has 0 aliphatic carbocycles. The van der Waals surface area contributed by atoms with Crippen molar-refractivity contribution in [2.75, 3.05) is 7.11 Å². The summed E-state index contributed by atoms with van der Waals surface area (Å²) in [5.41, 5.74) is 4.31. The Bertz CT molecular complexity index is 1130. The van der Waals surface area contributed by atoms with E-state index in [9.17, 15) is 0 Å². The average Bonchev–Trinajstić information content (AvgIpc) is 3.30. The van der Waals surface area contributed by atoms with Gasteiger partial charge in [-0.05, 0) is 36.4 Å². The molecule has 2 aromatic heterocycles. The highest BCUT2D eigenvalue weighted by atomic mass is 32.1. The number of nitrogens with zero attached hydrogens (tertiary/aromatic N) is 4. The number of fused-ring (bicyclic) bond motifs is 1. The predicted octanol–water partition coefficient (Wildman–Crippen LogP) is 6.12. The first-order chi connectivity index (χ1) is 13.8. The molecule has 142 valence electrons. The third kappa shape index (κ3) is 3.20. The van der Waals surface area contributed by atoms with E-state index in [1.54, 1.807) is 7.11 Å². The van der Waals surface area contributed by atoms with Crippen LogP contribution in [-0.2, 0) is 13.1 Å². The van der Waals surface area contributed by atoms with Crippen LogP contribution in [0.3, 0.4) is 0 Å². The molecule has 0 fully saturated rings. The van der Waals surface area contributed by atoms with Crippen molar-refractivity contribution in [3.8, 4) is 16.3 Å². The Morgan fingerprint density at radius 3 is 2.46 bits per heavy atom. The van der Waals surface area contributed by atoms with E-state index in [-0.39, 0.29) is 0 Å². The summed E-state index contributed by atoms with van der Waals surface area (Å²) >= 11 is 1.50. The monoisotopic (exact) mass is 391 g/mol. The van der Waals surface area contributed by atoms with Crippen molar-refractivity contribution in [3.05, 3.63) is 60.8 Å². The van der Waals surface area contributed by atoms with E-state index in [4.69, 9.17) is 9.85 Å². The molecule has 0 aliphatic heterocycles. The minimum atomic E-state index is 0.816. The normalized spacial score (nSPS) is 11.5. The first-order valence-corrected chi connectivity index (χ1v) is 10.2. The molecule has 0 aliphatic rings. The van der Waals surface area contributed by atoms with Crippen LogP contribution in [-0.4, -0.2) is 11.7 Å². The van der Waals surface area contributed by atoms with E-state index in [2.05, 4.69) is 72.1 Å². The topological polar surface area (TPSA) is 42.8 Å². The van der Waals surface area contributed by atoms with Gasteiger partial charge in [0.1, 0.15) is 11.9 Å². The fourth-order valence-electron chi connectivity index (χ4n) is 3.45. The molecule has 0 N–H and O–H groups in total. The second-order valence-electron chi connectivity index (χ2n) is 6.35. The lowest BCUT2D eigenvalue weighted by molar-refractivity contribution is -0.677. The fourth-order valence-corrected chi connectivity index (χ4v) is 4.28. The molecule has 4 rings (SSSR count).